The van der Waals surface area contributed by atoms with E-state index < -0.39 is 53.8 Å². The molecular formula is C28H34N6O6S. The summed E-state index contributed by atoms with van der Waals surface area (Å²) in [5.74, 6) is -4.27. The number of primary amides is 1. The van der Waals surface area contributed by atoms with Crippen molar-refractivity contribution in [3.05, 3.63) is 71.9 Å². The van der Waals surface area contributed by atoms with Crippen LogP contribution >= 0.6 is 12.6 Å². The molecule has 0 aliphatic heterocycles. The van der Waals surface area contributed by atoms with Crippen LogP contribution in [0.15, 0.2) is 60.8 Å². The molecule has 0 saturated heterocycles. The molecule has 0 aliphatic carbocycles. The molecule has 1 heterocycles. The van der Waals surface area contributed by atoms with E-state index in [1.165, 1.54) is 0 Å². The molecular weight excluding hydrogens is 548 g/mol. The van der Waals surface area contributed by atoms with Crippen molar-refractivity contribution in [1.29, 1.82) is 0 Å². The first-order chi connectivity index (χ1) is 19.6. The smallest absolute Gasteiger partial charge is 0.326 e. The molecule has 4 atom stereocenters. The number of H-pyrrole nitrogens is 1. The summed E-state index contributed by atoms with van der Waals surface area (Å²) in [6.07, 6.45) is 1.55. The summed E-state index contributed by atoms with van der Waals surface area (Å²) in [4.78, 5) is 65.3. The maximum atomic E-state index is 13.1. The summed E-state index contributed by atoms with van der Waals surface area (Å²) in [6.45, 7) is 0. The number of nitrogens with two attached hydrogens (primary N) is 2. The Labute approximate surface area is 242 Å². The first kappa shape index (κ1) is 31.2. The van der Waals surface area contributed by atoms with Crippen molar-refractivity contribution in [2.45, 2.75) is 49.9 Å². The quantitative estimate of drug-likeness (QED) is 0.115. The Morgan fingerprint density at radius 2 is 1.44 bits per heavy atom. The Kier molecular flexibility index (Phi) is 11.3. The Balaban J connectivity index is 1.65. The van der Waals surface area contributed by atoms with Gasteiger partial charge in [0.1, 0.15) is 18.1 Å². The van der Waals surface area contributed by atoms with Crippen molar-refractivity contribution < 1.29 is 29.1 Å². The minimum atomic E-state index is -1.30. The lowest BCUT2D eigenvalue weighted by molar-refractivity contribution is -0.142. The van der Waals surface area contributed by atoms with Crippen molar-refractivity contribution in [1.82, 2.24) is 20.9 Å². The van der Waals surface area contributed by atoms with Crippen LogP contribution in [0.4, 0.5) is 0 Å². The number of fused-ring (bicyclic) bond motifs is 1. The van der Waals surface area contributed by atoms with E-state index in [-0.39, 0.29) is 31.4 Å². The molecule has 3 aromatic rings. The van der Waals surface area contributed by atoms with E-state index in [0.29, 0.717) is 5.56 Å². The fraction of sp³-hybridized carbons (Fsp3) is 0.321. The second kappa shape index (κ2) is 14.9. The predicted molar refractivity (Wildman–Crippen MR) is 156 cm³/mol. The van der Waals surface area contributed by atoms with Crippen LogP contribution in [0.2, 0.25) is 0 Å². The summed E-state index contributed by atoms with van der Waals surface area (Å²) in [5, 5.41) is 18.0. The second-order valence-electron chi connectivity index (χ2n) is 9.57. The Bertz CT molecular complexity index is 1380. The van der Waals surface area contributed by atoms with E-state index in [4.69, 9.17) is 11.5 Å². The van der Waals surface area contributed by atoms with Crippen LogP contribution in [0.1, 0.15) is 24.0 Å². The molecule has 3 rings (SSSR count). The lowest BCUT2D eigenvalue weighted by Crippen LogP contribution is -2.58. The van der Waals surface area contributed by atoms with E-state index in [1.807, 2.05) is 24.3 Å². The van der Waals surface area contributed by atoms with Crippen LogP contribution < -0.4 is 27.4 Å². The normalized spacial score (nSPS) is 13.9. The van der Waals surface area contributed by atoms with E-state index in [2.05, 4.69) is 33.6 Å². The van der Waals surface area contributed by atoms with E-state index in [1.54, 1.807) is 36.5 Å². The van der Waals surface area contributed by atoms with Crippen molar-refractivity contribution in [2.24, 2.45) is 11.5 Å². The molecule has 0 aliphatic rings. The first-order valence-electron chi connectivity index (χ1n) is 13.0. The summed E-state index contributed by atoms with van der Waals surface area (Å²) >= 11 is 4.16. The van der Waals surface area contributed by atoms with Crippen molar-refractivity contribution >= 4 is 53.1 Å². The molecule has 2 aromatic carbocycles. The molecule has 9 N–H and O–H groups in total. The molecule has 0 bridgehead atoms. The predicted octanol–water partition coefficient (Wildman–Crippen LogP) is 0.0147. The topological polar surface area (TPSA) is 209 Å². The van der Waals surface area contributed by atoms with E-state index in [0.717, 1.165) is 16.5 Å². The number of aromatic amines is 1. The highest BCUT2D eigenvalue weighted by Crippen LogP contribution is 2.18. The average molecular weight is 583 g/mol. The van der Waals surface area contributed by atoms with E-state index >= 15 is 0 Å². The molecule has 41 heavy (non-hydrogen) atoms. The monoisotopic (exact) mass is 582 g/mol. The molecule has 0 saturated carbocycles. The third kappa shape index (κ3) is 9.08. The number of amides is 4. The maximum absolute atomic E-state index is 13.1. The molecule has 218 valence electrons. The van der Waals surface area contributed by atoms with Crippen LogP contribution in [0.5, 0.6) is 0 Å². The van der Waals surface area contributed by atoms with Gasteiger partial charge < -0.3 is 37.5 Å². The highest BCUT2D eigenvalue weighted by atomic mass is 32.1. The highest BCUT2D eigenvalue weighted by Gasteiger charge is 2.30. The van der Waals surface area contributed by atoms with Gasteiger partial charge in [0.2, 0.25) is 23.6 Å². The van der Waals surface area contributed by atoms with Crippen LogP contribution in [0.3, 0.4) is 0 Å². The zero-order valence-corrected chi connectivity index (χ0v) is 23.1. The van der Waals surface area contributed by atoms with Crippen LogP contribution in [-0.4, -0.2) is 69.6 Å². The number of hydrogen-bond donors (Lipinski definition) is 8. The minimum Gasteiger partial charge on any atom is -0.480 e. The molecule has 1 aromatic heterocycles. The van der Waals surface area contributed by atoms with Gasteiger partial charge in [-0.05, 0) is 30.0 Å². The summed E-state index contributed by atoms with van der Waals surface area (Å²) < 4.78 is 0. The number of hydrogen-bond acceptors (Lipinski definition) is 7. The lowest BCUT2D eigenvalue weighted by Gasteiger charge is -2.24. The zero-order valence-electron chi connectivity index (χ0n) is 22.2. The number of benzene rings is 2. The average Bonchev–Trinajstić information content (AvgIpc) is 3.36. The number of carbonyl (C=O) groups is 5. The SMILES string of the molecule is NC(=O)CCC(NC(=O)C(CS)NC(=O)C(N)Cc1c[nH]c2ccccc12)C(=O)NC(Cc1ccccc1)C(=O)O. The number of carboxylic acid groups (broad SMARTS) is 1. The van der Waals surface area contributed by atoms with Crippen molar-refractivity contribution in [2.75, 3.05) is 5.75 Å². The number of nitrogens with one attached hydrogen (secondary N) is 4. The van der Waals surface area contributed by atoms with Crippen molar-refractivity contribution in [3.63, 3.8) is 0 Å². The molecule has 13 heteroatoms. The zero-order chi connectivity index (χ0) is 29.9. The molecule has 0 spiro atoms. The van der Waals surface area contributed by atoms with Gasteiger partial charge in [0.05, 0.1) is 6.04 Å². The van der Waals surface area contributed by atoms with Gasteiger partial charge in [0, 0.05) is 35.7 Å². The number of aromatic nitrogens is 1. The van der Waals surface area contributed by atoms with Gasteiger partial charge in [-0.2, -0.15) is 12.6 Å². The van der Waals surface area contributed by atoms with Gasteiger partial charge in [-0.25, -0.2) is 4.79 Å². The molecule has 4 amide bonds. The summed E-state index contributed by atoms with van der Waals surface area (Å²) in [5.41, 5.74) is 13.8. The highest BCUT2D eigenvalue weighted by molar-refractivity contribution is 7.80. The number of carboxylic acids is 1. The third-order valence-electron chi connectivity index (χ3n) is 6.48. The summed E-state index contributed by atoms with van der Waals surface area (Å²) in [7, 11) is 0. The van der Waals surface area contributed by atoms with Crippen LogP contribution in [0.25, 0.3) is 10.9 Å². The van der Waals surface area contributed by atoms with Gasteiger partial charge in [-0.3, -0.25) is 19.2 Å². The Morgan fingerprint density at radius 3 is 2.10 bits per heavy atom. The molecule has 0 radical (unpaired) electrons. The fourth-order valence-electron chi connectivity index (χ4n) is 4.25. The first-order valence-corrected chi connectivity index (χ1v) is 13.6. The number of rotatable bonds is 15. The van der Waals surface area contributed by atoms with Gasteiger partial charge in [-0.1, -0.05) is 48.5 Å². The second-order valence-corrected chi connectivity index (χ2v) is 9.93. The molecule has 0 fully saturated rings. The Morgan fingerprint density at radius 1 is 0.829 bits per heavy atom. The third-order valence-corrected chi connectivity index (χ3v) is 6.84. The van der Waals surface area contributed by atoms with Crippen molar-refractivity contribution in [3.8, 4) is 0 Å². The summed E-state index contributed by atoms with van der Waals surface area (Å²) in [6, 6.07) is 11.5. The maximum Gasteiger partial charge on any atom is 0.326 e. The fourth-order valence-corrected chi connectivity index (χ4v) is 4.51. The number of carbonyl (C=O) groups excluding carboxylic acids is 4. The van der Waals surface area contributed by atoms with Gasteiger partial charge >= 0.3 is 5.97 Å². The van der Waals surface area contributed by atoms with Crippen LogP contribution in [-0.2, 0) is 36.8 Å². The minimum absolute atomic E-state index is 0.00202. The number of para-hydroxylation sites is 1. The van der Waals surface area contributed by atoms with Gasteiger partial charge in [-0.15, -0.1) is 0 Å². The Hall–Kier alpha value is -4.36. The largest absolute Gasteiger partial charge is 0.480 e. The number of aliphatic carboxylic acids is 1. The lowest BCUT2D eigenvalue weighted by atomic mass is 10.0. The molecule has 4 unspecified atom stereocenters. The standard InChI is InChI=1S/C28H34N6O6S/c29-19(13-17-14-31-20-9-5-4-8-18(17)20)25(36)34-23(15-41)27(38)32-21(10-11-24(30)35)26(37)33-22(28(39)40)12-16-6-2-1-3-7-16/h1-9,14,19,21-23,31,41H,10-13,15,29H2,(H2,30,35)(H,32,38)(H,33,37)(H,34,36)(H,39,40). The molecule has 12 nitrogen and oxygen atoms in total. The van der Waals surface area contributed by atoms with Gasteiger partial charge in [0.25, 0.3) is 0 Å². The van der Waals surface area contributed by atoms with Crippen LogP contribution in [0, 0.1) is 0 Å². The van der Waals surface area contributed by atoms with Gasteiger partial charge in [0.15, 0.2) is 0 Å². The van der Waals surface area contributed by atoms with E-state index in [9.17, 15) is 29.1 Å². The number of thiol groups is 1.